The van der Waals surface area contributed by atoms with E-state index >= 15 is 0 Å². The number of hydrogen-bond acceptors (Lipinski definition) is 6. The van der Waals surface area contributed by atoms with Crippen LogP contribution in [0.2, 0.25) is 0 Å². The van der Waals surface area contributed by atoms with E-state index in [4.69, 9.17) is 0 Å². The lowest BCUT2D eigenvalue weighted by atomic mass is 10.5. The number of nitrogens with one attached hydrogen (secondary N) is 3. The first-order valence-electron chi connectivity index (χ1n) is 5.00. The van der Waals surface area contributed by atoms with Crippen molar-refractivity contribution in [2.45, 2.75) is 19.9 Å². The van der Waals surface area contributed by atoms with Crippen molar-refractivity contribution in [3.05, 3.63) is 16.9 Å². The van der Waals surface area contributed by atoms with Crippen molar-refractivity contribution in [3.63, 3.8) is 0 Å². The number of nitrogens with zero attached hydrogens (tertiary/aromatic N) is 4. The predicted octanol–water partition coefficient (Wildman–Crippen LogP) is 0.540. The highest BCUT2D eigenvalue weighted by Crippen LogP contribution is 2.14. The number of urea groups is 1. The van der Waals surface area contributed by atoms with Gasteiger partial charge in [-0.05, 0) is 6.42 Å². The summed E-state index contributed by atoms with van der Waals surface area (Å²) in [4.78, 5) is 11.5. The van der Waals surface area contributed by atoms with Gasteiger partial charge in [-0.1, -0.05) is 18.3 Å². The van der Waals surface area contributed by atoms with Crippen molar-refractivity contribution in [3.8, 4) is 0 Å². The van der Waals surface area contributed by atoms with Gasteiger partial charge in [-0.15, -0.1) is 10.2 Å². The van der Waals surface area contributed by atoms with Crippen LogP contribution in [0, 0.1) is 0 Å². The Morgan fingerprint density at radius 3 is 3.06 bits per heavy atom. The second-order valence-corrected chi connectivity index (χ2v) is 4.19. The fourth-order valence-electron chi connectivity index (χ4n) is 1.07. The molecule has 0 spiro atoms. The summed E-state index contributed by atoms with van der Waals surface area (Å²) in [5.74, 6) is 0. The normalized spacial score (nSPS) is 10.2. The third-order valence-corrected chi connectivity index (χ3v) is 2.87. The van der Waals surface area contributed by atoms with Gasteiger partial charge in [-0.25, -0.2) is 4.79 Å². The Morgan fingerprint density at radius 1 is 1.53 bits per heavy atom. The number of rotatable bonds is 4. The second-order valence-electron chi connectivity index (χ2n) is 3.12. The maximum Gasteiger partial charge on any atom is 0.321 e. The molecule has 9 heteroatoms. The summed E-state index contributed by atoms with van der Waals surface area (Å²) in [6.45, 7) is 2.29. The van der Waals surface area contributed by atoms with Crippen LogP contribution in [-0.2, 0) is 13.0 Å². The summed E-state index contributed by atoms with van der Waals surface area (Å²) in [5, 5.41) is 24.2. The van der Waals surface area contributed by atoms with Crippen LogP contribution < -0.4 is 10.6 Å². The molecule has 2 rings (SSSR count). The number of aryl methyl sites for hydroxylation is 1. The fourth-order valence-corrected chi connectivity index (χ4v) is 1.74. The predicted molar refractivity (Wildman–Crippen MR) is 61.5 cm³/mol. The molecule has 0 fully saturated rings. The molecule has 0 bridgehead atoms. The zero-order valence-electron chi connectivity index (χ0n) is 9.10. The molecular formula is C8H11N7OS. The maximum atomic E-state index is 11.5. The summed E-state index contributed by atoms with van der Waals surface area (Å²) >= 11 is 1.36. The number of carbonyl (C=O) groups excluding carboxylic acids is 1. The zero-order chi connectivity index (χ0) is 12.1. The molecule has 3 N–H and O–H groups in total. The van der Waals surface area contributed by atoms with E-state index in [0.29, 0.717) is 17.4 Å². The number of carbonyl (C=O) groups is 1. The number of aromatic nitrogens is 5. The molecule has 0 aliphatic rings. The van der Waals surface area contributed by atoms with Gasteiger partial charge in [-0.3, -0.25) is 5.32 Å². The number of H-pyrrole nitrogens is 1. The van der Waals surface area contributed by atoms with Crippen molar-refractivity contribution in [2.24, 2.45) is 0 Å². The van der Waals surface area contributed by atoms with Gasteiger partial charge >= 0.3 is 6.03 Å². The van der Waals surface area contributed by atoms with Gasteiger partial charge in [0.2, 0.25) is 5.13 Å². The van der Waals surface area contributed by atoms with Crippen LogP contribution in [0.15, 0.2) is 6.20 Å². The highest BCUT2D eigenvalue weighted by molar-refractivity contribution is 7.15. The summed E-state index contributed by atoms with van der Waals surface area (Å²) in [6, 6.07) is -0.341. The molecule has 90 valence electrons. The topological polar surface area (TPSA) is 108 Å². The van der Waals surface area contributed by atoms with Gasteiger partial charge in [0, 0.05) is 0 Å². The van der Waals surface area contributed by atoms with E-state index < -0.39 is 0 Å². The molecule has 0 saturated heterocycles. The number of anilines is 1. The summed E-state index contributed by atoms with van der Waals surface area (Å²) in [7, 11) is 0. The third kappa shape index (κ3) is 3.21. The van der Waals surface area contributed by atoms with Crippen molar-refractivity contribution in [2.75, 3.05) is 5.32 Å². The molecule has 2 amide bonds. The summed E-state index contributed by atoms with van der Waals surface area (Å²) < 4.78 is 0. The Labute approximate surface area is 101 Å². The molecule has 0 aliphatic carbocycles. The Balaban J connectivity index is 1.81. The molecule has 8 nitrogen and oxygen atoms in total. The lowest BCUT2D eigenvalue weighted by Crippen LogP contribution is -2.28. The van der Waals surface area contributed by atoms with E-state index in [1.807, 2.05) is 6.92 Å². The first-order valence-corrected chi connectivity index (χ1v) is 5.81. The first-order chi connectivity index (χ1) is 8.28. The molecule has 0 aliphatic heterocycles. The van der Waals surface area contributed by atoms with Crippen LogP contribution in [0.1, 0.15) is 17.6 Å². The van der Waals surface area contributed by atoms with Gasteiger partial charge in [-0.2, -0.15) is 15.4 Å². The molecule has 0 aromatic carbocycles. The minimum atomic E-state index is -0.341. The van der Waals surface area contributed by atoms with Crippen LogP contribution >= 0.6 is 11.3 Å². The number of aromatic amines is 1. The van der Waals surface area contributed by atoms with E-state index in [2.05, 4.69) is 36.2 Å². The van der Waals surface area contributed by atoms with Gasteiger partial charge in [0.1, 0.15) is 10.7 Å². The number of amides is 2. The number of hydrogen-bond donors (Lipinski definition) is 3. The molecule has 2 aromatic heterocycles. The molecule has 2 heterocycles. The first kappa shape index (κ1) is 11.5. The molecule has 0 unspecified atom stereocenters. The standard InChI is InChI=1S/C8H11N7OS/c1-2-6-13-14-8(17-6)11-7(16)9-3-5-4-10-15-12-5/h4H,2-3H2,1H3,(H,10,12,15)(H2,9,11,14,16). The minimum absolute atomic E-state index is 0.307. The lowest BCUT2D eigenvalue weighted by molar-refractivity contribution is 0.251. The largest absolute Gasteiger partial charge is 0.332 e. The molecule has 0 saturated carbocycles. The minimum Gasteiger partial charge on any atom is -0.332 e. The molecule has 0 atom stereocenters. The Morgan fingerprint density at radius 2 is 2.41 bits per heavy atom. The molecule has 2 aromatic rings. The van der Waals surface area contributed by atoms with Crippen molar-refractivity contribution >= 4 is 22.5 Å². The van der Waals surface area contributed by atoms with Crippen molar-refractivity contribution in [1.82, 2.24) is 30.9 Å². The summed E-state index contributed by atoms with van der Waals surface area (Å²) in [6.07, 6.45) is 2.35. The second kappa shape index (κ2) is 5.34. The molecule has 17 heavy (non-hydrogen) atoms. The van der Waals surface area contributed by atoms with E-state index in [1.165, 1.54) is 11.3 Å². The van der Waals surface area contributed by atoms with E-state index in [1.54, 1.807) is 6.20 Å². The Bertz CT molecular complexity index is 480. The van der Waals surface area contributed by atoms with Gasteiger partial charge in [0.25, 0.3) is 0 Å². The van der Waals surface area contributed by atoms with Crippen LogP contribution in [0.4, 0.5) is 9.93 Å². The van der Waals surface area contributed by atoms with Gasteiger partial charge in [0.05, 0.1) is 12.7 Å². The molecule has 0 radical (unpaired) electrons. The average molecular weight is 253 g/mol. The van der Waals surface area contributed by atoms with Crippen LogP contribution in [-0.4, -0.2) is 31.6 Å². The third-order valence-electron chi connectivity index (χ3n) is 1.88. The average Bonchev–Trinajstić information content (AvgIpc) is 2.97. The van der Waals surface area contributed by atoms with Crippen LogP contribution in [0.5, 0.6) is 0 Å². The van der Waals surface area contributed by atoms with Crippen molar-refractivity contribution < 1.29 is 4.79 Å². The SMILES string of the molecule is CCc1nnc(NC(=O)NCc2cn[nH]n2)s1. The zero-order valence-corrected chi connectivity index (χ0v) is 9.91. The van der Waals surface area contributed by atoms with Crippen LogP contribution in [0.3, 0.4) is 0 Å². The highest BCUT2D eigenvalue weighted by atomic mass is 32.1. The van der Waals surface area contributed by atoms with Gasteiger partial charge < -0.3 is 5.32 Å². The van der Waals surface area contributed by atoms with E-state index in [-0.39, 0.29) is 6.03 Å². The Kier molecular flexibility index (Phi) is 3.60. The Hall–Kier alpha value is -2.03. The van der Waals surface area contributed by atoms with Crippen molar-refractivity contribution in [1.29, 1.82) is 0 Å². The monoisotopic (exact) mass is 253 g/mol. The quantitative estimate of drug-likeness (QED) is 0.737. The molecular weight excluding hydrogens is 242 g/mol. The summed E-state index contributed by atoms with van der Waals surface area (Å²) in [5.41, 5.74) is 0.659. The van der Waals surface area contributed by atoms with Gasteiger partial charge in [0.15, 0.2) is 0 Å². The van der Waals surface area contributed by atoms with Crippen LogP contribution in [0.25, 0.3) is 0 Å². The fraction of sp³-hybridized carbons (Fsp3) is 0.375. The highest BCUT2D eigenvalue weighted by Gasteiger charge is 2.07. The van der Waals surface area contributed by atoms with E-state index in [0.717, 1.165) is 11.4 Å². The lowest BCUT2D eigenvalue weighted by Gasteiger charge is -2.01. The van der Waals surface area contributed by atoms with E-state index in [9.17, 15) is 4.79 Å². The smallest absolute Gasteiger partial charge is 0.321 e. The maximum absolute atomic E-state index is 11.5.